The van der Waals surface area contributed by atoms with Gasteiger partial charge in [0.1, 0.15) is 11.6 Å². The number of hydrogen-bond acceptors (Lipinski definition) is 3. The van der Waals surface area contributed by atoms with Gasteiger partial charge in [-0.25, -0.2) is 4.39 Å². The molecule has 2 aromatic rings. The quantitative estimate of drug-likeness (QED) is 0.890. The molecule has 0 saturated carbocycles. The minimum atomic E-state index is -0.445. The molecule has 1 unspecified atom stereocenters. The SMILES string of the molecule is CC(C)Oc1ccc(N2CC(C(=O)Nc3ccc(F)cc3)CC2=O)cc1. The largest absolute Gasteiger partial charge is 0.491 e. The zero-order valence-electron chi connectivity index (χ0n) is 14.7. The Morgan fingerprint density at radius 1 is 1.15 bits per heavy atom. The van der Waals surface area contributed by atoms with Gasteiger partial charge in [-0.1, -0.05) is 0 Å². The number of nitrogens with one attached hydrogen (secondary N) is 1. The standard InChI is InChI=1S/C20H21FN2O3/c1-13(2)26-18-9-7-17(8-10-18)23-12-14(11-19(23)24)20(25)22-16-5-3-15(21)4-6-16/h3-10,13-14H,11-12H2,1-2H3,(H,22,25). The van der Waals surface area contributed by atoms with Gasteiger partial charge in [-0.2, -0.15) is 0 Å². The number of ether oxygens (including phenoxy) is 1. The highest BCUT2D eigenvalue weighted by atomic mass is 19.1. The van der Waals surface area contributed by atoms with Crippen LogP contribution in [0.4, 0.5) is 15.8 Å². The second-order valence-corrected chi connectivity index (χ2v) is 6.56. The molecule has 1 aliphatic heterocycles. The summed E-state index contributed by atoms with van der Waals surface area (Å²) < 4.78 is 18.5. The maximum Gasteiger partial charge on any atom is 0.229 e. The van der Waals surface area contributed by atoms with Crippen LogP contribution < -0.4 is 15.0 Å². The lowest BCUT2D eigenvalue weighted by Gasteiger charge is -2.18. The lowest BCUT2D eigenvalue weighted by molar-refractivity contribution is -0.122. The van der Waals surface area contributed by atoms with E-state index in [1.54, 1.807) is 4.90 Å². The Morgan fingerprint density at radius 2 is 1.81 bits per heavy atom. The summed E-state index contributed by atoms with van der Waals surface area (Å²) in [6.45, 7) is 4.21. The Labute approximate surface area is 151 Å². The van der Waals surface area contributed by atoms with E-state index in [9.17, 15) is 14.0 Å². The third kappa shape index (κ3) is 4.20. The molecule has 1 saturated heterocycles. The Morgan fingerprint density at radius 3 is 2.42 bits per heavy atom. The van der Waals surface area contributed by atoms with E-state index in [2.05, 4.69) is 5.32 Å². The van der Waals surface area contributed by atoms with Crippen LogP contribution >= 0.6 is 0 Å². The molecule has 6 heteroatoms. The molecule has 2 amide bonds. The van der Waals surface area contributed by atoms with Gasteiger partial charge >= 0.3 is 0 Å². The molecule has 5 nitrogen and oxygen atoms in total. The average Bonchev–Trinajstić information content (AvgIpc) is 2.99. The summed E-state index contributed by atoms with van der Waals surface area (Å²) in [5, 5.41) is 2.73. The number of benzene rings is 2. The van der Waals surface area contributed by atoms with Crippen LogP contribution in [0.25, 0.3) is 0 Å². The first-order valence-corrected chi connectivity index (χ1v) is 8.56. The Balaban J connectivity index is 1.64. The molecule has 0 aliphatic carbocycles. The zero-order valence-corrected chi connectivity index (χ0v) is 14.7. The summed E-state index contributed by atoms with van der Waals surface area (Å²) in [6.07, 6.45) is 0.228. The summed E-state index contributed by atoms with van der Waals surface area (Å²) in [7, 11) is 0. The van der Waals surface area contributed by atoms with Crippen molar-refractivity contribution in [2.75, 3.05) is 16.8 Å². The number of rotatable bonds is 5. The van der Waals surface area contributed by atoms with E-state index in [-0.39, 0.29) is 30.2 Å². The van der Waals surface area contributed by atoms with E-state index in [0.29, 0.717) is 12.2 Å². The van der Waals surface area contributed by atoms with Crippen LogP contribution in [0.1, 0.15) is 20.3 Å². The van der Waals surface area contributed by atoms with Gasteiger partial charge in [-0.15, -0.1) is 0 Å². The summed E-state index contributed by atoms with van der Waals surface area (Å²) in [6, 6.07) is 12.8. The number of hydrogen-bond donors (Lipinski definition) is 1. The van der Waals surface area contributed by atoms with Crippen LogP contribution in [0.5, 0.6) is 5.75 Å². The number of amides is 2. The molecule has 1 fully saturated rings. The molecule has 3 rings (SSSR count). The van der Waals surface area contributed by atoms with Gasteiger partial charge in [0.05, 0.1) is 12.0 Å². The van der Waals surface area contributed by atoms with Gasteiger partial charge in [0.15, 0.2) is 0 Å². The van der Waals surface area contributed by atoms with E-state index in [0.717, 1.165) is 11.4 Å². The van der Waals surface area contributed by atoms with Crippen LogP contribution in [0.3, 0.4) is 0 Å². The van der Waals surface area contributed by atoms with E-state index < -0.39 is 5.92 Å². The summed E-state index contributed by atoms with van der Waals surface area (Å²) in [4.78, 5) is 26.3. The molecular weight excluding hydrogens is 335 g/mol. The highest BCUT2D eigenvalue weighted by Crippen LogP contribution is 2.28. The Bertz CT molecular complexity index is 788. The molecule has 2 aromatic carbocycles. The fourth-order valence-electron chi connectivity index (χ4n) is 2.89. The summed E-state index contributed by atoms with van der Waals surface area (Å²) in [5.74, 6) is -0.413. The van der Waals surface area contributed by atoms with Crippen molar-refractivity contribution < 1.29 is 18.7 Å². The predicted octanol–water partition coefficient (Wildman–Crippen LogP) is 3.60. The fraction of sp³-hybridized carbons (Fsp3) is 0.300. The molecule has 26 heavy (non-hydrogen) atoms. The molecular formula is C20H21FN2O3. The predicted molar refractivity (Wildman–Crippen MR) is 97.7 cm³/mol. The third-order valence-corrected chi connectivity index (χ3v) is 4.13. The minimum absolute atomic E-state index is 0.0776. The molecule has 1 heterocycles. The van der Waals surface area contributed by atoms with Crippen LogP contribution in [0, 0.1) is 11.7 Å². The van der Waals surface area contributed by atoms with E-state index in [4.69, 9.17) is 4.74 Å². The zero-order chi connectivity index (χ0) is 18.7. The molecule has 0 bridgehead atoms. The maximum atomic E-state index is 12.9. The summed E-state index contributed by atoms with van der Waals surface area (Å²) in [5.41, 5.74) is 1.25. The van der Waals surface area contributed by atoms with Crippen molar-refractivity contribution in [2.45, 2.75) is 26.4 Å². The number of halogens is 1. The highest BCUT2D eigenvalue weighted by molar-refractivity contribution is 6.03. The van der Waals surface area contributed by atoms with Crippen molar-refractivity contribution in [1.82, 2.24) is 0 Å². The van der Waals surface area contributed by atoms with Crippen LogP contribution in [-0.4, -0.2) is 24.5 Å². The molecule has 1 atom stereocenters. The maximum absolute atomic E-state index is 12.9. The van der Waals surface area contributed by atoms with Gasteiger partial charge in [0.25, 0.3) is 0 Å². The van der Waals surface area contributed by atoms with E-state index in [1.165, 1.54) is 24.3 Å². The van der Waals surface area contributed by atoms with Crippen LogP contribution in [0.2, 0.25) is 0 Å². The lowest BCUT2D eigenvalue weighted by Crippen LogP contribution is -2.28. The molecule has 1 aliphatic rings. The lowest BCUT2D eigenvalue weighted by atomic mass is 10.1. The average molecular weight is 356 g/mol. The highest BCUT2D eigenvalue weighted by Gasteiger charge is 2.35. The molecule has 1 N–H and O–H groups in total. The van der Waals surface area contributed by atoms with E-state index >= 15 is 0 Å². The van der Waals surface area contributed by atoms with Crippen molar-refractivity contribution in [3.05, 3.63) is 54.3 Å². The topological polar surface area (TPSA) is 58.6 Å². The number of anilines is 2. The third-order valence-electron chi connectivity index (χ3n) is 4.13. The minimum Gasteiger partial charge on any atom is -0.491 e. The normalized spacial score (nSPS) is 16.8. The van der Waals surface area contributed by atoms with Gasteiger partial charge in [0, 0.05) is 24.3 Å². The molecule has 0 spiro atoms. The van der Waals surface area contributed by atoms with Crippen molar-refractivity contribution >= 4 is 23.2 Å². The first-order chi connectivity index (χ1) is 12.4. The molecule has 136 valence electrons. The Kier molecular flexibility index (Phi) is 5.21. The second-order valence-electron chi connectivity index (χ2n) is 6.56. The smallest absolute Gasteiger partial charge is 0.229 e. The van der Waals surface area contributed by atoms with Crippen molar-refractivity contribution in [3.8, 4) is 5.75 Å². The molecule has 0 aromatic heterocycles. The first-order valence-electron chi connectivity index (χ1n) is 8.56. The van der Waals surface area contributed by atoms with Crippen LogP contribution in [0.15, 0.2) is 48.5 Å². The fourth-order valence-corrected chi connectivity index (χ4v) is 2.89. The van der Waals surface area contributed by atoms with Crippen molar-refractivity contribution in [2.24, 2.45) is 5.92 Å². The second kappa shape index (κ2) is 7.56. The molecule has 0 radical (unpaired) electrons. The summed E-state index contributed by atoms with van der Waals surface area (Å²) >= 11 is 0. The van der Waals surface area contributed by atoms with Gasteiger partial charge in [-0.3, -0.25) is 9.59 Å². The Hall–Kier alpha value is -2.89. The van der Waals surface area contributed by atoms with Gasteiger partial charge < -0.3 is 15.0 Å². The number of nitrogens with zero attached hydrogens (tertiary/aromatic N) is 1. The van der Waals surface area contributed by atoms with Crippen molar-refractivity contribution in [3.63, 3.8) is 0 Å². The van der Waals surface area contributed by atoms with Gasteiger partial charge in [-0.05, 0) is 62.4 Å². The van der Waals surface area contributed by atoms with E-state index in [1.807, 2.05) is 38.1 Å². The van der Waals surface area contributed by atoms with Crippen molar-refractivity contribution in [1.29, 1.82) is 0 Å². The monoisotopic (exact) mass is 356 g/mol. The van der Waals surface area contributed by atoms with Gasteiger partial charge in [0.2, 0.25) is 11.8 Å². The number of carbonyl (C=O) groups is 2. The number of carbonyl (C=O) groups excluding carboxylic acids is 2. The first kappa shape index (κ1) is 17.9. The van der Waals surface area contributed by atoms with Crippen LogP contribution in [-0.2, 0) is 9.59 Å².